The molecule has 180 valence electrons. The van der Waals surface area contributed by atoms with Crippen LogP contribution in [0.25, 0.3) is 0 Å². The van der Waals surface area contributed by atoms with E-state index >= 15 is 0 Å². The van der Waals surface area contributed by atoms with E-state index in [2.05, 4.69) is 10.5 Å². The number of rotatable bonds is 8. The Morgan fingerprint density at radius 2 is 1.86 bits per heavy atom. The van der Waals surface area contributed by atoms with Crippen LogP contribution < -0.4 is 19.8 Å². The molecule has 7 nitrogen and oxygen atoms in total. The van der Waals surface area contributed by atoms with Crippen LogP contribution in [0.5, 0.6) is 11.5 Å². The molecule has 3 aromatic carbocycles. The van der Waals surface area contributed by atoms with Crippen molar-refractivity contribution in [2.75, 3.05) is 18.6 Å². The number of carbonyl (C=O) groups excluding carboxylic acids is 2. The number of ether oxygens (including phenoxy) is 2. The lowest BCUT2D eigenvalue weighted by Gasteiger charge is -2.17. The zero-order valence-corrected chi connectivity index (χ0v) is 20.2. The first-order valence-corrected chi connectivity index (χ1v) is 11.5. The number of amides is 2. The van der Waals surface area contributed by atoms with Gasteiger partial charge in [-0.1, -0.05) is 36.4 Å². The molecule has 0 saturated carbocycles. The molecule has 0 bridgehead atoms. The van der Waals surface area contributed by atoms with E-state index in [0.717, 1.165) is 27.9 Å². The standard InChI is InChI=1S/C28H29N3O4/c1-19-9-11-24(13-20(19)2)31-17-23(15-27(31)32)28(33)30-29-16-22-10-12-25(26(14-22)34-3)35-18-21-7-5-4-6-8-21/h4-14,16,23H,15,17-18H2,1-3H3,(H,30,33)/b29-16-/t23-/m1/s1. The minimum atomic E-state index is -0.454. The molecule has 7 heteroatoms. The molecule has 1 N–H and O–H groups in total. The van der Waals surface area contributed by atoms with Gasteiger partial charge in [0.2, 0.25) is 11.8 Å². The Hall–Kier alpha value is -4.13. The zero-order chi connectivity index (χ0) is 24.8. The van der Waals surface area contributed by atoms with E-state index < -0.39 is 5.92 Å². The summed E-state index contributed by atoms with van der Waals surface area (Å²) in [5, 5.41) is 4.08. The lowest BCUT2D eigenvalue weighted by molar-refractivity contribution is -0.126. The van der Waals surface area contributed by atoms with Crippen LogP contribution in [0.4, 0.5) is 5.69 Å². The molecule has 3 aromatic rings. The summed E-state index contributed by atoms with van der Waals surface area (Å²) in [5.74, 6) is 0.392. The van der Waals surface area contributed by atoms with Crippen LogP contribution in [0.1, 0.15) is 28.7 Å². The van der Waals surface area contributed by atoms with Crippen molar-refractivity contribution < 1.29 is 19.1 Å². The fraction of sp³-hybridized carbons (Fsp3) is 0.250. The van der Waals surface area contributed by atoms with Crippen molar-refractivity contribution in [2.24, 2.45) is 11.0 Å². The number of hydrogen-bond acceptors (Lipinski definition) is 5. The summed E-state index contributed by atoms with van der Waals surface area (Å²) in [6.45, 7) is 4.80. The molecule has 1 heterocycles. The topological polar surface area (TPSA) is 80.2 Å². The van der Waals surface area contributed by atoms with E-state index in [1.54, 1.807) is 24.3 Å². The van der Waals surface area contributed by atoms with Gasteiger partial charge in [0.05, 0.1) is 19.2 Å². The molecule has 1 aliphatic heterocycles. The molecule has 1 atom stereocenters. The number of aryl methyl sites for hydroxylation is 2. The van der Waals surface area contributed by atoms with Crippen molar-refractivity contribution in [3.63, 3.8) is 0 Å². The van der Waals surface area contributed by atoms with E-state index in [1.165, 1.54) is 0 Å². The third-order valence-electron chi connectivity index (χ3n) is 6.11. The van der Waals surface area contributed by atoms with Gasteiger partial charge < -0.3 is 14.4 Å². The van der Waals surface area contributed by atoms with Gasteiger partial charge in [-0.2, -0.15) is 5.10 Å². The maximum Gasteiger partial charge on any atom is 0.245 e. The minimum absolute atomic E-state index is 0.0618. The molecular formula is C28H29N3O4. The second-order valence-electron chi connectivity index (χ2n) is 8.59. The van der Waals surface area contributed by atoms with Gasteiger partial charge in [-0.05, 0) is 66.4 Å². The van der Waals surface area contributed by atoms with Crippen molar-refractivity contribution in [3.8, 4) is 11.5 Å². The van der Waals surface area contributed by atoms with Crippen molar-refractivity contribution in [1.29, 1.82) is 0 Å². The van der Waals surface area contributed by atoms with Crippen LogP contribution in [0.3, 0.4) is 0 Å². The predicted molar refractivity (Wildman–Crippen MR) is 136 cm³/mol. The molecule has 1 aliphatic rings. The molecule has 0 unspecified atom stereocenters. The minimum Gasteiger partial charge on any atom is -0.493 e. The first-order valence-electron chi connectivity index (χ1n) is 11.5. The second kappa shape index (κ2) is 10.9. The predicted octanol–water partition coefficient (Wildman–Crippen LogP) is 4.39. The summed E-state index contributed by atoms with van der Waals surface area (Å²) >= 11 is 0. The van der Waals surface area contributed by atoms with Crippen molar-refractivity contribution >= 4 is 23.7 Å². The summed E-state index contributed by atoms with van der Waals surface area (Å²) in [7, 11) is 1.58. The average molecular weight is 472 g/mol. The normalized spacial score (nSPS) is 15.5. The first kappa shape index (κ1) is 24.0. The molecule has 1 fully saturated rings. The van der Waals surface area contributed by atoms with Gasteiger partial charge in [0.15, 0.2) is 11.5 Å². The monoisotopic (exact) mass is 471 g/mol. The fourth-order valence-corrected chi connectivity index (χ4v) is 3.91. The van der Waals surface area contributed by atoms with Crippen LogP contribution in [0.15, 0.2) is 71.8 Å². The number of methoxy groups -OCH3 is 1. The van der Waals surface area contributed by atoms with Crippen LogP contribution >= 0.6 is 0 Å². The van der Waals surface area contributed by atoms with Crippen molar-refractivity contribution in [2.45, 2.75) is 26.9 Å². The molecule has 1 saturated heterocycles. The molecule has 35 heavy (non-hydrogen) atoms. The SMILES string of the molecule is COc1cc(/C=N\NC(=O)[C@@H]2CC(=O)N(c3ccc(C)c(C)c3)C2)ccc1OCc1ccccc1. The van der Waals surface area contributed by atoms with Gasteiger partial charge >= 0.3 is 0 Å². The third kappa shape index (κ3) is 5.87. The largest absolute Gasteiger partial charge is 0.493 e. The lowest BCUT2D eigenvalue weighted by Crippen LogP contribution is -2.30. The Labute approximate surface area is 205 Å². The van der Waals surface area contributed by atoms with Crippen LogP contribution in [-0.2, 0) is 16.2 Å². The summed E-state index contributed by atoms with van der Waals surface area (Å²) in [4.78, 5) is 26.8. The van der Waals surface area contributed by atoms with E-state index in [9.17, 15) is 9.59 Å². The number of carbonyl (C=O) groups is 2. The summed E-state index contributed by atoms with van der Waals surface area (Å²) in [5.41, 5.74) is 7.46. The van der Waals surface area contributed by atoms with Crippen LogP contribution in [-0.4, -0.2) is 31.7 Å². The van der Waals surface area contributed by atoms with Crippen molar-refractivity contribution in [3.05, 3.63) is 89.0 Å². The molecule has 2 amide bonds. The van der Waals surface area contributed by atoms with E-state index in [1.807, 2.05) is 74.5 Å². The third-order valence-corrected chi connectivity index (χ3v) is 6.11. The first-order chi connectivity index (χ1) is 16.9. The number of hydrogen-bond donors (Lipinski definition) is 1. The van der Waals surface area contributed by atoms with Crippen LogP contribution in [0, 0.1) is 19.8 Å². The van der Waals surface area contributed by atoms with Gasteiger partial charge in [0, 0.05) is 18.7 Å². The molecule has 4 rings (SSSR count). The van der Waals surface area contributed by atoms with E-state index in [4.69, 9.17) is 9.47 Å². The highest BCUT2D eigenvalue weighted by molar-refractivity contribution is 6.00. The van der Waals surface area contributed by atoms with E-state index in [0.29, 0.717) is 24.7 Å². The molecule has 0 aromatic heterocycles. The number of nitrogens with one attached hydrogen (secondary N) is 1. The van der Waals surface area contributed by atoms with Crippen molar-refractivity contribution in [1.82, 2.24) is 5.43 Å². The number of nitrogens with zero attached hydrogens (tertiary/aromatic N) is 2. The molecule has 0 radical (unpaired) electrons. The Bertz CT molecular complexity index is 1240. The highest BCUT2D eigenvalue weighted by Crippen LogP contribution is 2.29. The number of benzene rings is 3. The summed E-state index contributed by atoms with van der Waals surface area (Å²) < 4.78 is 11.3. The number of anilines is 1. The zero-order valence-electron chi connectivity index (χ0n) is 20.2. The average Bonchev–Trinajstić information content (AvgIpc) is 3.27. The van der Waals surface area contributed by atoms with Gasteiger partial charge in [-0.15, -0.1) is 0 Å². The quantitative estimate of drug-likeness (QED) is 0.390. The van der Waals surface area contributed by atoms with Gasteiger partial charge in [0.1, 0.15) is 6.61 Å². The van der Waals surface area contributed by atoms with Gasteiger partial charge in [0.25, 0.3) is 0 Å². The highest BCUT2D eigenvalue weighted by atomic mass is 16.5. The Balaban J connectivity index is 1.34. The lowest BCUT2D eigenvalue weighted by atomic mass is 10.1. The molecule has 0 aliphatic carbocycles. The maximum absolute atomic E-state index is 12.6. The Morgan fingerprint density at radius 3 is 2.60 bits per heavy atom. The summed E-state index contributed by atoms with van der Waals surface area (Å²) in [6.07, 6.45) is 1.70. The fourth-order valence-electron chi connectivity index (χ4n) is 3.91. The highest BCUT2D eigenvalue weighted by Gasteiger charge is 2.35. The number of hydrazone groups is 1. The Morgan fingerprint density at radius 1 is 1.06 bits per heavy atom. The second-order valence-corrected chi connectivity index (χ2v) is 8.59. The van der Waals surface area contributed by atoms with Gasteiger partial charge in [-0.3, -0.25) is 9.59 Å². The smallest absolute Gasteiger partial charge is 0.245 e. The summed E-state index contributed by atoms with van der Waals surface area (Å²) in [6, 6.07) is 21.2. The molecule has 0 spiro atoms. The maximum atomic E-state index is 12.6. The molecular weight excluding hydrogens is 442 g/mol. The van der Waals surface area contributed by atoms with Gasteiger partial charge in [-0.25, -0.2) is 5.43 Å². The Kier molecular flexibility index (Phi) is 7.45. The van der Waals surface area contributed by atoms with E-state index in [-0.39, 0.29) is 18.2 Å². The van der Waals surface area contributed by atoms with Crippen LogP contribution in [0.2, 0.25) is 0 Å².